The van der Waals surface area contributed by atoms with Gasteiger partial charge in [-0.15, -0.1) is 0 Å². The van der Waals surface area contributed by atoms with Crippen LogP contribution >= 0.6 is 0 Å². The van der Waals surface area contributed by atoms with Gasteiger partial charge in [-0.1, -0.05) is 12.5 Å². The fourth-order valence-electron chi connectivity index (χ4n) is 2.85. The number of aliphatic imine (C=N–C) groups is 1. The number of hydrogen-bond acceptors (Lipinski definition) is 4. The fourth-order valence-corrected chi connectivity index (χ4v) is 2.85. The van der Waals surface area contributed by atoms with Gasteiger partial charge in [-0.2, -0.15) is 0 Å². The molecule has 1 heterocycles. The summed E-state index contributed by atoms with van der Waals surface area (Å²) in [5.41, 5.74) is 1.28. The van der Waals surface area contributed by atoms with Crippen LogP contribution in [0.5, 0.6) is 5.88 Å². The monoisotopic (exact) mass is 320 g/mol. The van der Waals surface area contributed by atoms with Crippen LogP contribution in [0.2, 0.25) is 0 Å². The second-order valence-electron chi connectivity index (χ2n) is 6.05. The molecular formula is C17H28N4O2. The summed E-state index contributed by atoms with van der Waals surface area (Å²) in [6, 6.07) is 5.74. The molecule has 1 aliphatic carbocycles. The molecule has 1 aliphatic rings. The van der Waals surface area contributed by atoms with Crippen molar-refractivity contribution in [1.82, 2.24) is 15.6 Å². The molecule has 0 aromatic carbocycles. The average molecular weight is 320 g/mol. The van der Waals surface area contributed by atoms with Crippen molar-refractivity contribution in [1.29, 1.82) is 0 Å². The lowest BCUT2D eigenvalue weighted by atomic mass is 9.67. The van der Waals surface area contributed by atoms with Crippen molar-refractivity contribution in [2.24, 2.45) is 10.4 Å². The van der Waals surface area contributed by atoms with Crippen molar-refractivity contribution in [3.8, 4) is 5.88 Å². The van der Waals surface area contributed by atoms with Gasteiger partial charge in [0.2, 0.25) is 5.88 Å². The molecule has 6 nitrogen and oxygen atoms in total. The van der Waals surface area contributed by atoms with E-state index >= 15 is 0 Å². The topological polar surface area (TPSA) is 67.8 Å². The van der Waals surface area contributed by atoms with Gasteiger partial charge >= 0.3 is 0 Å². The highest BCUT2D eigenvalue weighted by molar-refractivity contribution is 5.79. The highest BCUT2D eigenvalue weighted by Gasteiger charge is 2.36. The van der Waals surface area contributed by atoms with E-state index in [1.165, 1.54) is 19.3 Å². The van der Waals surface area contributed by atoms with Gasteiger partial charge in [0.1, 0.15) is 0 Å². The summed E-state index contributed by atoms with van der Waals surface area (Å²) < 4.78 is 10.4. The number of ether oxygens (including phenoxy) is 2. The van der Waals surface area contributed by atoms with E-state index in [-0.39, 0.29) is 0 Å². The summed E-state index contributed by atoms with van der Waals surface area (Å²) >= 11 is 0. The predicted octanol–water partition coefficient (Wildman–Crippen LogP) is 1.96. The Balaban J connectivity index is 1.81. The molecule has 1 saturated carbocycles. The Morgan fingerprint density at radius 3 is 2.74 bits per heavy atom. The summed E-state index contributed by atoms with van der Waals surface area (Å²) in [5, 5.41) is 6.75. The third-order valence-corrected chi connectivity index (χ3v) is 4.53. The van der Waals surface area contributed by atoms with Crippen LogP contribution < -0.4 is 15.4 Å². The molecule has 128 valence electrons. The van der Waals surface area contributed by atoms with E-state index in [4.69, 9.17) is 9.47 Å². The fraction of sp³-hybridized carbons (Fsp3) is 0.647. The number of rotatable bonds is 8. The van der Waals surface area contributed by atoms with E-state index in [1.54, 1.807) is 21.3 Å². The number of nitrogens with zero attached hydrogens (tertiary/aromatic N) is 2. The van der Waals surface area contributed by atoms with Crippen LogP contribution in [0.3, 0.4) is 0 Å². The Morgan fingerprint density at radius 1 is 1.30 bits per heavy atom. The lowest BCUT2D eigenvalue weighted by Gasteiger charge is -2.42. The summed E-state index contributed by atoms with van der Waals surface area (Å²) in [7, 11) is 5.18. The van der Waals surface area contributed by atoms with E-state index < -0.39 is 0 Å². The quantitative estimate of drug-likeness (QED) is 0.566. The van der Waals surface area contributed by atoms with E-state index in [9.17, 15) is 0 Å². The second-order valence-corrected chi connectivity index (χ2v) is 6.05. The van der Waals surface area contributed by atoms with Gasteiger partial charge in [-0.3, -0.25) is 4.99 Å². The maximum Gasteiger partial charge on any atom is 0.213 e. The Labute approximate surface area is 138 Å². The molecule has 0 aliphatic heterocycles. The first-order valence-electron chi connectivity index (χ1n) is 8.15. The summed E-state index contributed by atoms with van der Waals surface area (Å²) in [6.45, 7) is 2.37. The van der Waals surface area contributed by atoms with Gasteiger partial charge in [0.05, 0.1) is 19.3 Å². The third kappa shape index (κ3) is 5.10. The van der Waals surface area contributed by atoms with E-state index in [0.29, 0.717) is 17.8 Å². The molecule has 0 radical (unpaired) electrons. The lowest BCUT2D eigenvalue weighted by Crippen LogP contribution is -2.46. The third-order valence-electron chi connectivity index (χ3n) is 4.53. The molecule has 0 atom stereocenters. The minimum atomic E-state index is 0.363. The number of guanidine groups is 1. The molecule has 2 N–H and O–H groups in total. The highest BCUT2D eigenvalue weighted by atomic mass is 16.5. The first kappa shape index (κ1) is 17.5. The van der Waals surface area contributed by atoms with Gasteiger partial charge in [-0.05, 0) is 30.7 Å². The number of nitrogens with one attached hydrogen (secondary N) is 2. The average Bonchev–Trinajstić information content (AvgIpc) is 2.56. The van der Waals surface area contributed by atoms with Crippen molar-refractivity contribution >= 4 is 5.96 Å². The van der Waals surface area contributed by atoms with Crippen molar-refractivity contribution in [2.75, 3.05) is 34.4 Å². The largest absolute Gasteiger partial charge is 0.481 e. The molecule has 1 aromatic heterocycles. The standard InChI is InChI=1S/C17H28N4O2/c1-18-16(19-12-14-6-4-7-15(21-14)23-3)20-13-17(8-5-9-17)10-11-22-2/h4,6-7H,5,8-13H2,1-3H3,(H2,18,19,20). The van der Waals surface area contributed by atoms with Gasteiger partial charge in [0.15, 0.2) is 5.96 Å². The van der Waals surface area contributed by atoms with Crippen LogP contribution in [0.4, 0.5) is 0 Å². The van der Waals surface area contributed by atoms with E-state index in [1.807, 2.05) is 18.2 Å². The maximum atomic E-state index is 5.24. The Bertz CT molecular complexity index is 515. The van der Waals surface area contributed by atoms with Crippen LogP contribution in [0.1, 0.15) is 31.4 Å². The van der Waals surface area contributed by atoms with Crippen molar-refractivity contribution in [3.05, 3.63) is 23.9 Å². The van der Waals surface area contributed by atoms with Crippen molar-refractivity contribution in [3.63, 3.8) is 0 Å². The summed E-state index contributed by atoms with van der Waals surface area (Å²) in [4.78, 5) is 8.68. The zero-order chi connectivity index (χ0) is 16.5. The zero-order valence-corrected chi connectivity index (χ0v) is 14.4. The highest BCUT2D eigenvalue weighted by Crippen LogP contribution is 2.43. The van der Waals surface area contributed by atoms with E-state index in [2.05, 4.69) is 20.6 Å². The number of hydrogen-bond donors (Lipinski definition) is 2. The number of aromatic nitrogens is 1. The minimum Gasteiger partial charge on any atom is -0.481 e. The molecule has 1 fully saturated rings. The van der Waals surface area contributed by atoms with E-state index in [0.717, 1.165) is 31.2 Å². The number of pyridine rings is 1. The van der Waals surface area contributed by atoms with Gasteiger partial charge in [0.25, 0.3) is 0 Å². The second kappa shape index (κ2) is 8.72. The lowest BCUT2D eigenvalue weighted by molar-refractivity contribution is 0.0732. The van der Waals surface area contributed by atoms with Crippen LogP contribution in [0.25, 0.3) is 0 Å². The Hall–Kier alpha value is -1.82. The summed E-state index contributed by atoms with van der Waals surface area (Å²) in [5.74, 6) is 1.43. The molecular weight excluding hydrogens is 292 g/mol. The number of methoxy groups -OCH3 is 2. The van der Waals surface area contributed by atoms with Crippen LogP contribution in [0.15, 0.2) is 23.2 Å². The van der Waals surface area contributed by atoms with Gasteiger partial charge < -0.3 is 20.1 Å². The van der Waals surface area contributed by atoms with Crippen LogP contribution in [-0.4, -0.2) is 45.4 Å². The molecule has 1 aromatic rings. The molecule has 0 unspecified atom stereocenters. The molecule has 6 heteroatoms. The summed E-state index contributed by atoms with van der Waals surface area (Å²) in [6.07, 6.45) is 4.94. The molecule has 0 spiro atoms. The van der Waals surface area contributed by atoms with Gasteiger partial charge in [-0.25, -0.2) is 4.98 Å². The van der Waals surface area contributed by atoms with Crippen LogP contribution in [-0.2, 0) is 11.3 Å². The first-order valence-corrected chi connectivity index (χ1v) is 8.15. The van der Waals surface area contributed by atoms with Crippen LogP contribution in [0, 0.1) is 5.41 Å². The SMILES string of the molecule is CN=C(NCc1cccc(OC)n1)NCC1(CCOC)CCC1. The Kier molecular flexibility index (Phi) is 6.65. The van der Waals surface area contributed by atoms with Crippen molar-refractivity contribution < 1.29 is 9.47 Å². The molecule has 23 heavy (non-hydrogen) atoms. The molecule has 2 rings (SSSR count). The molecule has 0 saturated heterocycles. The zero-order valence-electron chi connectivity index (χ0n) is 14.4. The Morgan fingerprint density at radius 2 is 2.13 bits per heavy atom. The van der Waals surface area contributed by atoms with Gasteiger partial charge in [0, 0.05) is 33.4 Å². The smallest absolute Gasteiger partial charge is 0.213 e. The maximum absolute atomic E-state index is 5.24. The predicted molar refractivity (Wildman–Crippen MR) is 91.8 cm³/mol. The normalized spacial score (nSPS) is 16.6. The molecule has 0 amide bonds. The minimum absolute atomic E-state index is 0.363. The first-order chi connectivity index (χ1) is 11.2. The molecule has 0 bridgehead atoms. The van der Waals surface area contributed by atoms with Crippen molar-refractivity contribution in [2.45, 2.75) is 32.2 Å².